The predicted molar refractivity (Wildman–Crippen MR) is 71.5 cm³/mol. The van der Waals surface area contributed by atoms with Gasteiger partial charge in [-0.1, -0.05) is 6.07 Å². The van der Waals surface area contributed by atoms with Crippen LogP contribution in [0, 0.1) is 0 Å². The lowest BCUT2D eigenvalue weighted by Gasteiger charge is -2.16. The molecular formula is C14H21NO4. The molecule has 0 fully saturated rings. The molecule has 2 rings (SSSR count). The van der Waals surface area contributed by atoms with Crippen LogP contribution in [0.3, 0.4) is 0 Å². The molecule has 0 radical (unpaired) electrons. The van der Waals surface area contributed by atoms with Gasteiger partial charge in [-0.3, -0.25) is 0 Å². The van der Waals surface area contributed by atoms with Gasteiger partial charge < -0.3 is 24.6 Å². The van der Waals surface area contributed by atoms with Crippen molar-refractivity contribution in [3.8, 4) is 11.5 Å². The van der Waals surface area contributed by atoms with Gasteiger partial charge in [0.1, 0.15) is 0 Å². The maximum atomic E-state index is 10.1. The van der Waals surface area contributed by atoms with Crippen molar-refractivity contribution in [1.29, 1.82) is 0 Å². The highest BCUT2D eigenvalue weighted by molar-refractivity contribution is 5.45. The van der Waals surface area contributed by atoms with E-state index >= 15 is 0 Å². The van der Waals surface area contributed by atoms with Gasteiger partial charge >= 0.3 is 0 Å². The summed E-state index contributed by atoms with van der Waals surface area (Å²) in [6.07, 6.45) is -0.419. The van der Waals surface area contributed by atoms with Crippen LogP contribution in [0.5, 0.6) is 11.5 Å². The summed E-state index contributed by atoms with van der Waals surface area (Å²) in [6, 6.07) is 5.50. The number of aliphatic hydroxyl groups is 1. The summed E-state index contributed by atoms with van der Waals surface area (Å²) >= 11 is 0. The van der Waals surface area contributed by atoms with Crippen LogP contribution in [0.1, 0.15) is 25.5 Å². The molecule has 1 aromatic carbocycles. The Kier molecular flexibility index (Phi) is 5.01. The van der Waals surface area contributed by atoms with Crippen molar-refractivity contribution in [2.24, 2.45) is 0 Å². The Hall–Kier alpha value is -1.30. The highest BCUT2D eigenvalue weighted by Crippen LogP contribution is 2.33. The van der Waals surface area contributed by atoms with Crippen LogP contribution in [-0.2, 0) is 4.74 Å². The SMILES string of the molecule is CCOC(C)CNCC(O)c1ccc2c(c1)OCO2. The molecule has 1 heterocycles. The average molecular weight is 267 g/mol. The number of aliphatic hydroxyl groups excluding tert-OH is 1. The van der Waals surface area contributed by atoms with Gasteiger partial charge in [0.2, 0.25) is 6.79 Å². The molecule has 0 amide bonds. The Morgan fingerprint density at radius 3 is 2.89 bits per heavy atom. The summed E-state index contributed by atoms with van der Waals surface area (Å²) in [6.45, 7) is 6.13. The van der Waals surface area contributed by atoms with Crippen molar-refractivity contribution in [2.45, 2.75) is 26.1 Å². The number of hydrogen-bond donors (Lipinski definition) is 2. The number of hydrogen-bond acceptors (Lipinski definition) is 5. The second kappa shape index (κ2) is 6.75. The van der Waals surface area contributed by atoms with Crippen LogP contribution in [0.25, 0.3) is 0 Å². The molecule has 106 valence electrons. The zero-order valence-electron chi connectivity index (χ0n) is 11.4. The fourth-order valence-electron chi connectivity index (χ4n) is 2.01. The zero-order valence-corrected chi connectivity index (χ0v) is 11.4. The molecule has 0 saturated heterocycles. The Morgan fingerprint density at radius 1 is 1.32 bits per heavy atom. The molecule has 1 aliphatic heterocycles. The molecule has 2 N–H and O–H groups in total. The maximum absolute atomic E-state index is 10.1. The van der Waals surface area contributed by atoms with Gasteiger partial charge in [-0.05, 0) is 31.5 Å². The number of ether oxygens (including phenoxy) is 3. The molecule has 0 aliphatic carbocycles. The van der Waals surface area contributed by atoms with Gasteiger partial charge in [0, 0.05) is 19.7 Å². The van der Waals surface area contributed by atoms with E-state index in [1.165, 1.54) is 0 Å². The summed E-state index contributed by atoms with van der Waals surface area (Å²) in [7, 11) is 0. The monoisotopic (exact) mass is 267 g/mol. The first-order valence-electron chi connectivity index (χ1n) is 6.60. The second-order valence-electron chi connectivity index (χ2n) is 4.55. The lowest BCUT2D eigenvalue weighted by molar-refractivity contribution is 0.0723. The molecule has 0 spiro atoms. The number of nitrogens with one attached hydrogen (secondary N) is 1. The van der Waals surface area contributed by atoms with E-state index in [0.717, 1.165) is 17.9 Å². The molecule has 5 nitrogen and oxygen atoms in total. The van der Waals surface area contributed by atoms with Crippen LogP contribution >= 0.6 is 0 Å². The van der Waals surface area contributed by atoms with Gasteiger partial charge in [0.05, 0.1) is 12.2 Å². The Bertz CT molecular complexity index is 410. The van der Waals surface area contributed by atoms with E-state index in [1.807, 2.05) is 32.0 Å². The van der Waals surface area contributed by atoms with Crippen molar-refractivity contribution in [2.75, 3.05) is 26.5 Å². The minimum Gasteiger partial charge on any atom is -0.454 e. The molecule has 1 aromatic rings. The normalized spacial score (nSPS) is 16.4. The summed E-state index contributed by atoms with van der Waals surface area (Å²) < 4.78 is 15.9. The third-order valence-corrected chi connectivity index (χ3v) is 3.00. The Morgan fingerprint density at radius 2 is 2.11 bits per heavy atom. The van der Waals surface area contributed by atoms with Crippen molar-refractivity contribution in [3.05, 3.63) is 23.8 Å². The van der Waals surface area contributed by atoms with Crippen LogP contribution in [0.2, 0.25) is 0 Å². The fraction of sp³-hybridized carbons (Fsp3) is 0.571. The van der Waals surface area contributed by atoms with Gasteiger partial charge in [-0.15, -0.1) is 0 Å². The maximum Gasteiger partial charge on any atom is 0.231 e. The van der Waals surface area contributed by atoms with E-state index in [0.29, 0.717) is 18.9 Å². The second-order valence-corrected chi connectivity index (χ2v) is 4.55. The van der Waals surface area contributed by atoms with Gasteiger partial charge in [0.25, 0.3) is 0 Å². The van der Waals surface area contributed by atoms with E-state index in [-0.39, 0.29) is 12.9 Å². The van der Waals surface area contributed by atoms with E-state index in [2.05, 4.69) is 5.32 Å². The molecule has 5 heteroatoms. The first-order chi connectivity index (χ1) is 9.20. The lowest BCUT2D eigenvalue weighted by Crippen LogP contribution is -2.30. The molecule has 19 heavy (non-hydrogen) atoms. The van der Waals surface area contributed by atoms with E-state index in [1.54, 1.807) is 0 Å². The molecule has 0 aromatic heterocycles. The van der Waals surface area contributed by atoms with Crippen molar-refractivity contribution in [3.63, 3.8) is 0 Å². The molecule has 1 aliphatic rings. The van der Waals surface area contributed by atoms with E-state index in [9.17, 15) is 5.11 Å². The molecular weight excluding hydrogens is 246 g/mol. The van der Waals surface area contributed by atoms with Crippen LogP contribution in [-0.4, -0.2) is 37.7 Å². The Labute approximate surface area is 113 Å². The summed E-state index contributed by atoms with van der Waals surface area (Å²) in [5.74, 6) is 1.42. The highest BCUT2D eigenvalue weighted by atomic mass is 16.7. The minimum atomic E-state index is -0.566. The van der Waals surface area contributed by atoms with Crippen molar-refractivity contribution in [1.82, 2.24) is 5.32 Å². The molecule has 0 saturated carbocycles. The third kappa shape index (κ3) is 3.83. The predicted octanol–water partition coefficient (Wildman–Crippen LogP) is 1.46. The summed E-state index contributed by atoms with van der Waals surface area (Å²) in [5.41, 5.74) is 0.820. The van der Waals surface area contributed by atoms with Gasteiger partial charge in [0.15, 0.2) is 11.5 Å². The standard InChI is InChI=1S/C14H21NO4/c1-3-17-10(2)7-15-8-12(16)11-4-5-13-14(6-11)19-9-18-13/h4-6,10,12,15-16H,3,7-9H2,1-2H3. The summed E-state index contributed by atoms with van der Waals surface area (Å²) in [4.78, 5) is 0. The molecule has 2 unspecified atom stereocenters. The van der Waals surface area contributed by atoms with Crippen molar-refractivity contribution >= 4 is 0 Å². The first kappa shape index (κ1) is 14.1. The quantitative estimate of drug-likeness (QED) is 0.783. The van der Waals surface area contributed by atoms with Gasteiger partial charge in [-0.2, -0.15) is 0 Å². The molecule has 0 bridgehead atoms. The van der Waals surface area contributed by atoms with Crippen LogP contribution in [0.4, 0.5) is 0 Å². The van der Waals surface area contributed by atoms with Crippen LogP contribution < -0.4 is 14.8 Å². The number of fused-ring (bicyclic) bond motifs is 1. The topological polar surface area (TPSA) is 60.0 Å². The third-order valence-electron chi connectivity index (χ3n) is 3.00. The lowest BCUT2D eigenvalue weighted by atomic mass is 10.1. The largest absolute Gasteiger partial charge is 0.454 e. The van der Waals surface area contributed by atoms with Crippen LogP contribution in [0.15, 0.2) is 18.2 Å². The number of rotatable bonds is 7. The molecule has 2 atom stereocenters. The van der Waals surface area contributed by atoms with E-state index in [4.69, 9.17) is 14.2 Å². The highest BCUT2D eigenvalue weighted by Gasteiger charge is 2.16. The summed E-state index contributed by atoms with van der Waals surface area (Å²) in [5, 5.41) is 13.3. The smallest absolute Gasteiger partial charge is 0.231 e. The fourth-order valence-corrected chi connectivity index (χ4v) is 2.01. The average Bonchev–Trinajstić information content (AvgIpc) is 2.86. The zero-order chi connectivity index (χ0) is 13.7. The first-order valence-corrected chi connectivity index (χ1v) is 6.60. The number of benzene rings is 1. The minimum absolute atomic E-state index is 0.147. The van der Waals surface area contributed by atoms with E-state index < -0.39 is 6.10 Å². The Balaban J connectivity index is 1.81. The van der Waals surface area contributed by atoms with Crippen molar-refractivity contribution < 1.29 is 19.3 Å². The van der Waals surface area contributed by atoms with Gasteiger partial charge in [-0.25, -0.2) is 0 Å².